The van der Waals surface area contributed by atoms with Crippen molar-refractivity contribution < 1.29 is 4.92 Å². The van der Waals surface area contributed by atoms with E-state index in [1.165, 1.54) is 10.8 Å². The second-order valence-corrected chi connectivity index (χ2v) is 7.76. The van der Waals surface area contributed by atoms with Crippen LogP contribution in [0.15, 0.2) is 103 Å². The Kier molecular flexibility index (Phi) is 4.01. The molecule has 0 aliphatic rings. The average Bonchev–Trinajstić information content (AvgIpc) is 3.27. The van der Waals surface area contributed by atoms with Gasteiger partial charge in [0.2, 0.25) is 0 Å². The maximum atomic E-state index is 11.9. The van der Waals surface area contributed by atoms with Gasteiger partial charge in [-0.3, -0.25) is 10.1 Å². The molecule has 0 radical (unpaired) electrons. The Labute approximate surface area is 183 Å². The zero-order chi connectivity index (χ0) is 21.7. The van der Waals surface area contributed by atoms with Gasteiger partial charge >= 0.3 is 0 Å². The molecule has 1 aromatic heterocycles. The highest BCUT2D eigenvalue weighted by atomic mass is 16.6. The van der Waals surface area contributed by atoms with E-state index in [9.17, 15) is 10.1 Å². The number of nitro groups is 1. The molecule has 0 saturated carbocycles. The molecule has 5 nitrogen and oxygen atoms in total. The van der Waals surface area contributed by atoms with E-state index in [0.29, 0.717) is 5.56 Å². The summed E-state index contributed by atoms with van der Waals surface area (Å²) in [6.07, 6.45) is 1.72. The van der Waals surface area contributed by atoms with Crippen molar-refractivity contribution in [2.45, 2.75) is 0 Å². The number of rotatable bonds is 3. The van der Waals surface area contributed by atoms with Crippen LogP contribution < -0.4 is 0 Å². The van der Waals surface area contributed by atoms with Crippen LogP contribution in [0.1, 0.15) is 0 Å². The Morgan fingerprint density at radius 1 is 0.719 bits per heavy atom. The van der Waals surface area contributed by atoms with Gasteiger partial charge in [-0.2, -0.15) is 5.10 Å². The monoisotopic (exact) mass is 415 g/mol. The van der Waals surface area contributed by atoms with Crippen molar-refractivity contribution in [3.8, 4) is 16.8 Å². The van der Waals surface area contributed by atoms with Gasteiger partial charge in [0.05, 0.1) is 27.9 Å². The summed E-state index contributed by atoms with van der Waals surface area (Å²) in [5.74, 6) is 0. The lowest BCUT2D eigenvalue weighted by molar-refractivity contribution is -0.384. The van der Waals surface area contributed by atoms with Crippen LogP contribution in [0.2, 0.25) is 0 Å². The molecule has 32 heavy (non-hydrogen) atoms. The van der Waals surface area contributed by atoms with E-state index in [1.807, 2.05) is 59.3 Å². The number of hydrogen-bond donors (Lipinski definition) is 0. The first-order chi connectivity index (χ1) is 15.7. The summed E-state index contributed by atoms with van der Waals surface area (Å²) in [5.41, 5.74) is 3.20. The quantitative estimate of drug-likeness (QED) is 0.179. The largest absolute Gasteiger partial charge is 0.278 e. The normalized spacial score (nSPS) is 11.4. The molecular formula is C27H17N3O2. The molecular weight excluding hydrogens is 398 g/mol. The van der Waals surface area contributed by atoms with Crippen molar-refractivity contribution in [2.24, 2.45) is 0 Å². The fourth-order valence-corrected chi connectivity index (χ4v) is 4.49. The number of hydrogen-bond acceptors (Lipinski definition) is 3. The Morgan fingerprint density at radius 2 is 1.47 bits per heavy atom. The highest BCUT2D eigenvalue weighted by Crippen LogP contribution is 2.39. The summed E-state index contributed by atoms with van der Waals surface area (Å²) in [4.78, 5) is 11.6. The number of para-hydroxylation sites is 1. The van der Waals surface area contributed by atoms with Crippen molar-refractivity contribution in [1.82, 2.24) is 9.78 Å². The highest BCUT2D eigenvalue weighted by molar-refractivity contribution is 6.10. The zero-order valence-electron chi connectivity index (χ0n) is 17.0. The molecule has 0 N–H and O–H groups in total. The molecule has 152 valence electrons. The van der Waals surface area contributed by atoms with Gasteiger partial charge in [0.1, 0.15) is 0 Å². The topological polar surface area (TPSA) is 61.0 Å². The average molecular weight is 415 g/mol. The fourth-order valence-electron chi connectivity index (χ4n) is 4.49. The van der Waals surface area contributed by atoms with E-state index in [1.54, 1.807) is 18.3 Å². The molecule has 0 atom stereocenters. The molecule has 6 rings (SSSR count). The predicted octanol–water partition coefficient (Wildman–Crippen LogP) is 6.91. The molecule has 5 heteroatoms. The molecule has 0 unspecified atom stereocenters. The third-order valence-electron chi connectivity index (χ3n) is 5.96. The van der Waals surface area contributed by atoms with E-state index in [2.05, 4.69) is 35.4 Å². The maximum Gasteiger partial charge on any atom is 0.278 e. The standard InChI is InChI=1S/C27H17N3O2/c31-30(32)26-15-14-25-24(17-28-29(25)21-7-2-1-3-8-21)27(26)20-12-13-23-19(16-20)11-10-18-6-4-5-9-22(18)23/h1-17H. The number of fused-ring (bicyclic) bond motifs is 4. The highest BCUT2D eigenvalue weighted by Gasteiger charge is 2.21. The maximum absolute atomic E-state index is 11.9. The van der Waals surface area contributed by atoms with Gasteiger partial charge in [-0.15, -0.1) is 0 Å². The van der Waals surface area contributed by atoms with Gasteiger partial charge in [0.15, 0.2) is 0 Å². The summed E-state index contributed by atoms with van der Waals surface area (Å²) < 4.78 is 1.82. The van der Waals surface area contributed by atoms with E-state index in [-0.39, 0.29) is 10.6 Å². The van der Waals surface area contributed by atoms with Crippen LogP contribution in [0.25, 0.3) is 49.3 Å². The Bertz CT molecular complexity index is 1650. The second-order valence-electron chi connectivity index (χ2n) is 7.76. The van der Waals surface area contributed by atoms with Crippen LogP contribution in [0, 0.1) is 10.1 Å². The van der Waals surface area contributed by atoms with Crippen LogP contribution in [-0.4, -0.2) is 14.7 Å². The summed E-state index contributed by atoms with van der Waals surface area (Å²) in [7, 11) is 0. The van der Waals surface area contributed by atoms with Crippen LogP contribution >= 0.6 is 0 Å². The lowest BCUT2D eigenvalue weighted by Gasteiger charge is -2.10. The van der Waals surface area contributed by atoms with Crippen molar-refractivity contribution >= 4 is 38.1 Å². The fraction of sp³-hybridized carbons (Fsp3) is 0. The number of nitro benzene ring substituents is 1. The van der Waals surface area contributed by atoms with E-state index in [4.69, 9.17) is 0 Å². The van der Waals surface area contributed by atoms with Gasteiger partial charge in [-0.1, -0.05) is 66.7 Å². The first kappa shape index (κ1) is 18.3. The summed E-state index contributed by atoms with van der Waals surface area (Å²) in [6, 6.07) is 31.6. The minimum Gasteiger partial charge on any atom is -0.258 e. The van der Waals surface area contributed by atoms with Crippen molar-refractivity contribution in [3.63, 3.8) is 0 Å². The van der Waals surface area contributed by atoms with Crippen molar-refractivity contribution in [1.29, 1.82) is 0 Å². The van der Waals surface area contributed by atoms with Crippen LogP contribution in [0.4, 0.5) is 5.69 Å². The molecule has 0 amide bonds. The van der Waals surface area contributed by atoms with Gasteiger partial charge in [0, 0.05) is 11.5 Å². The minimum atomic E-state index is -0.320. The lowest BCUT2D eigenvalue weighted by Crippen LogP contribution is -1.97. The zero-order valence-corrected chi connectivity index (χ0v) is 17.0. The summed E-state index contributed by atoms with van der Waals surface area (Å²) in [6.45, 7) is 0. The summed E-state index contributed by atoms with van der Waals surface area (Å²) >= 11 is 0. The van der Waals surface area contributed by atoms with Crippen molar-refractivity contribution in [2.75, 3.05) is 0 Å². The van der Waals surface area contributed by atoms with Gasteiger partial charge in [-0.25, -0.2) is 4.68 Å². The first-order valence-corrected chi connectivity index (χ1v) is 10.3. The number of benzene rings is 5. The van der Waals surface area contributed by atoms with Crippen LogP contribution in [0.5, 0.6) is 0 Å². The van der Waals surface area contributed by atoms with Crippen molar-refractivity contribution in [3.05, 3.63) is 113 Å². The molecule has 0 saturated heterocycles. The van der Waals surface area contributed by atoms with Crippen LogP contribution in [0.3, 0.4) is 0 Å². The Balaban J connectivity index is 1.63. The Morgan fingerprint density at radius 3 is 2.31 bits per heavy atom. The smallest absolute Gasteiger partial charge is 0.258 e. The molecule has 1 heterocycles. The summed E-state index contributed by atoms with van der Waals surface area (Å²) in [5, 5.41) is 21.7. The first-order valence-electron chi connectivity index (χ1n) is 10.3. The molecule has 5 aromatic carbocycles. The lowest BCUT2D eigenvalue weighted by atomic mass is 9.95. The molecule has 0 aliphatic heterocycles. The van der Waals surface area contributed by atoms with Gasteiger partial charge in [-0.05, 0) is 51.4 Å². The van der Waals surface area contributed by atoms with Crippen LogP contribution in [-0.2, 0) is 0 Å². The van der Waals surface area contributed by atoms with E-state index in [0.717, 1.165) is 32.9 Å². The predicted molar refractivity (Wildman–Crippen MR) is 128 cm³/mol. The van der Waals surface area contributed by atoms with E-state index < -0.39 is 0 Å². The van der Waals surface area contributed by atoms with Gasteiger partial charge < -0.3 is 0 Å². The van der Waals surface area contributed by atoms with Gasteiger partial charge in [0.25, 0.3) is 5.69 Å². The third kappa shape index (κ3) is 2.76. The molecule has 0 aliphatic carbocycles. The van der Waals surface area contributed by atoms with E-state index >= 15 is 0 Å². The second kappa shape index (κ2) is 7.03. The molecule has 0 spiro atoms. The molecule has 0 fully saturated rings. The Hall–Kier alpha value is -4.51. The molecule has 0 bridgehead atoms. The SMILES string of the molecule is O=[N+]([O-])c1ccc2c(cnn2-c2ccccc2)c1-c1ccc2c(ccc3ccccc32)c1. The minimum absolute atomic E-state index is 0.0743. The number of aromatic nitrogens is 2. The third-order valence-corrected chi connectivity index (χ3v) is 5.96. The molecule has 6 aromatic rings. The number of nitrogens with zero attached hydrogens (tertiary/aromatic N) is 3.